The summed E-state index contributed by atoms with van der Waals surface area (Å²) in [6.07, 6.45) is 0. The topological polar surface area (TPSA) is 50.7 Å². The number of nitrogens with zero attached hydrogens (tertiary/aromatic N) is 3. The lowest BCUT2D eigenvalue weighted by molar-refractivity contribution is 1.05. The van der Waals surface area contributed by atoms with Gasteiger partial charge in [-0.2, -0.15) is 15.0 Å². The van der Waals surface area contributed by atoms with E-state index in [0.717, 1.165) is 4.47 Å². The number of rotatable bonds is 2. The molecule has 0 bridgehead atoms. The average molecular weight is 354 g/mol. The molecule has 1 aromatic carbocycles. The summed E-state index contributed by atoms with van der Waals surface area (Å²) in [7, 11) is 0. The summed E-state index contributed by atoms with van der Waals surface area (Å²) in [5.41, 5.74) is 0.704. The molecule has 0 saturated carbocycles. The van der Waals surface area contributed by atoms with Gasteiger partial charge in [0.1, 0.15) is 0 Å². The van der Waals surface area contributed by atoms with Crippen molar-refractivity contribution in [3.05, 3.63) is 38.3 Å². The van der Waals surface area contributed by atoms with Gasteiger partial charge in [0.25, 0.3) is 0 Å². The minimum atomic E-state index is 0.0191. The second-order valence-corrected chi connectivity index (χ2v) is 4.91. The minimum Gasteiger partial charge on any atom is -0.323 e. The highest BCUT2D eigenvalue weighted by atomic mass is 79.9. The SMILES string of the molecule is Clc1ccc(Br)c(Nc2nc(Cl)nc(Cl)n2)c1. The zero-order valence-corrected chi connectivity index (χ0v) is 11.9. The zero-order chi connectivity index (χ0) is 12.4. The van der Waals surface area contributed by atoms with Gasteiger partial charge in [-0.1, -0.05) is 11.6 Å². The largest absolute Gasteiger partial charge is 0.323 e. The van der Waals surface area contributed by atoms with Gasteiger partial charge < -0.3 is 5.32 Å². The highest BCUT2D eigenvalue weighted by molar-refractivity contribution is 9.10. The second kappa shape index (κ2) is 5.35. The van der Waals surface area contributed by atoms with Crippen LogP contribution in [0, 0.1) is 0 Å². The van der Waals surface area contributed by atoms with Crippen LogP contribution in [0.2, 0.25) is 15.6 Å². The van der Waals surface area contributed by atoms with E-state index in [9.17, 15) is 0 Å². The van der Waals surface area contributed by atoms with Gasteiger partial charge in [0.2, 0.25) is 16.5 Å². The van der Waals surface area contributed by atoms with Crippen LogP contribution in [0.25, 0.3) is 0 Å². The van der Waals surface area contributed by atoms with Gasteiger partial charge >= 0.3 is 0 Å². The maximum atomic E-state index is 5.88. The van der Waals surface area contributed by atoms with E-state index in [2.05, 4.69) is 36.2 Å². The second-order valence-electron chi connectivity index (χ2n) is 2.95. The zero-order valence-electron chi connectivity index (χ0n) is 8.09. The number of anilines is 2. The molecule has 88 valence electrons. The van der Waals surface area contributed by atoms with Crippen molar-refractivity contribution in [3.8, 4) is 0 Å². The van der Waals surface area contributed by atoms with E-state index in [1.165, 1.54) is 0 Å². The minimum absolute atomic E-state index is 0.0191. The predicted octanol–water partition coefficient (Wildman–Crippen LogP) is 4.34. The van der Waals surface area contributed by atoms with Gasteiger partial charge in [-0.25, -0.2) is 0 Å². The Morgan fingerprint density at radius 1 is 1.00 bits per heavy atom. The van der Waals surface area contributed by atoms with Crippen LogP contribution >= 0.6 is 50.7 Å². The molecule has 0 aliphatic carbocycles. The van der Waals surface area contributed by atoms with Gasteiger partial charge in [-0.15, -0.1) is 0 Å². The number of nitrogens with one attached hydrogen (secondary N) is 1. The third kappa shape index (κ3) is 3.42. The third-order valence-corrected chi connectivity index (χ3v) is 3.02. The average Bonchev–Trinajstić information content (AvgIpc) is 2.22. The van der Waals surface area contributed by atoms with Crippen molar-refractivity contribution in [2.75, 3.05) is 5.32 Å². The summed E-state index contributed by atoms with van der Waals surface area (Å²) in [5.74, 6) is 0.248. The van der Waals surface area contributed by atoms with Crippen molar-refractivity contribution in [1.29, 1.82) is 0 Å². The standard InChI is InChI=1S/C9H4BrCl3N4/c10-5-2-1-4(11)3-6(5)14-9-16-7(12)15-8(13)17-9/h1-3H,(H,14,15,16,17). The molecule has 2 rings (SSSR count). The quantitative estimate of drug-likeness (QED) is 0.872. The van der Waals surface area contributed by atoms with Crippen LogP contribution < -0.4 is 5.32 Å². The number of benzene rings is 1. The van der Waals surface area contributed by atoms with E-state index in [4.69, 9.17) is 34.8 Å². The molecule has 8 heteroatoms. The molecule has 0 aliphatic rings. The first-order valence-corrected chi connectivity index (χ1v) is 6.26. The molecule has 0 amide bonds. The number of hydrogen-bond acceptors (Lipinski definition) is 4. The summed E-state index contributed by atoms with van der Waals surface area (Å²) < 4.78 is 0.814. The molecule has 1 aromatic heterocycles. The van der Waals surface area contributed by atoms with Gasteiger partial charge in [0, 0.05) is 9.50 Å². The summed E-state index contributed by atoms with van der Waals surface area (Å²) in [6, 6.07) is 5.27. The Labute approximate surface area is 120 Å². The van der Waals surface area contributed by atoms with Crippen LogP contribution in [0.5, 0.6) is 0 Å². The van der Waals surface area contributed by atoms with Crippen molar-refractivity contribution in [2.45, 2.75) is 0 Å². The lowest BCUT2D eigenvalue weighted by Crippen LogP contribution is -1.99. The molecule has 0 fully saturated rings. The molecule has 0 unspecified atom stereocenters. The first kappa shape index (κ1) is 12.8. The maximum absolute atomic E-state index is 5.88. The summed E-state index contributed by atoms with van der Waals surface area (Å²) in [5, 5.41) is 3.56. The predicted molar refractivity (Wildman–Crippen MR) is 72.3 cm³/mol. The van der Waals surface area contributed by atoms with Gasteiger partial charge in [-0.05, 0) is 57.3 Å². The molecule has 0 atom stereocenters. The fourth-order valence-electron chi connectivity index (χ4n) is 1.10. The monoisotopic (exact) mass is 352 g/mol. The van der Waals surface area contributed by atoms with E-state index in [1.54, 1.807) is 18.2 Å². The summed E-state index contributed by atoms with van der Waals surface area (Å²) in [4.78, 5) is 11.4. The Morgan fingerprint density at radius 3 is 2.29 bits per heavy atom. The molecule has 0 aliphatic heterocycles. The first-order chi connectivity index (χ1) is 8.04. The van der Waals surface area contributed by atoms with Gasteiger partial charge in [0.05, 0.1) is 5.69 Å². The number of aromatic nitrogens is 3. The molecule has 4 nitrogen and oxygen atoms in total. The van der Waals surface area contributed by atoms with E-state index >= 15 is 0 Å². The Kier molecular flexibility index (Phi) is 4.04. The van der Waals surface area contributed by atoms with Crippen molar-refractivity contribution >= 4 is 62.4 Å². The lowest BCUT2D eigenvalue weighted by Gasteiger charge is -2.07. The van der Waals surface area contributed by atoms with E-state index in [0.29, 0.717) is 10.7 Å². The maximum Gasteiger partial charge on any atom is 0.232 e. The Hall–Kier alpha value is -0.620. The summed E-state index contributed by atoms with van der Waals surface area (Å²) in [6.45, 7) is 0. The fourth-order valence-corrected chi connectivity index (χ4v) is 1.98. The first-order valence-electron chi connectivity index (χ1n) is 4.34. The molecule has 0 radical (unpaired) electrons. The molecule has 1 N–H and O–H groups in total. The van der Waals surface area contributed by atoms with Crippen LogP contribution in [-0.2, 0) is 0 Å². The molecule has 2 aromatic rings. The van der Waals surface area contributed by atoms with E-state index in [1.807, 2.05) is 0 Å². The van der Waals surface area contributed by atoms with Crippen LogP contribution in [0.15, 0.2) is 22.7 Å². The van der Waals surface area contributed by atoms with E-state index < -0.39 is 0 Å². The molecule has 0 spiro atoms. The number of hydrogen-bond donors (Lipinski definition) is 1. The van der Waals surface area contributed by atoms with E-state index in [-0.39, 0.29) is 16.5 Å². The third-order valence-electron chi connectivity index (χ3n) is 1.76. The van der Waals surface area contributed by atoms with Crippen molar-refractivity contribution in [1.82, 2.24) is 15.0 Å². The van der Waals surface area contributed by atoms with Crippen LogP contribution in [0.4, 0.5) is 11.6 Å². The molecule has 1 heterocycles. The molecular formula is C9H4BrCl3N4. The Morgan fingerprint density at radius 2 is 1.65 bits per heavy atom. The normalized spacial score (nSPS) is 10.4. The van der Waals surface area contributed by atoms with Crippen LogP contribution in [0.1, 0.15) is 0 Å². The smallest absolute Gasteiger partial charge is 0.232 e. The fraction of sp³-hybridized carbons (Fsp3) is 0. The van der Waals surface area contributed by atoms with Gasteiger partial charge in [-0.3, -0.25) is 0 Å². The van der Waals surface area contributed by atoms with Gasteiger partial charge in [0.15, 0.2) is 0 Å². The number of halogens is 4. The highest BCUT2D eigenvalue weighted by Crippen LogP contribution is 2.28. The molecular weight excluding hydrogens is 350 g/mol. The molecule has 0 saturated heterocycles. The van der Waals surface area contributed by atoms with Crippen LogP contribution in [0.3, 0.4) is 0 Å². The molecule has 17 heavy (non-hydrogen) atoms. The van der Waals surface area contributed by atoms with Crippen molar-refractivity contribution in [2.24, 2.45) is 0 Å². The Balaban J connectivity index is 2.34. The van der Waals surface area contributed by atoms with Crippen molar-refractivity contribution < 1.29 is 0 Å². The summed E-state index contributed by atoms with van der Waals surface area (Å²) >= 11 is 20.6. The Bertz CT molecular complexity index is 544. The lowest BCUT2D eigenvalue weighted by atomic mass is 10.3. The van der Waals surface area contributed by atoms with Crippen LogP contribution in [-0.4, -0.2) is 15.0 Å². The van der Waals surface area contributed by atoms with Crippen molar-refractivity contribution in [3.63, 3.8) is 0 Å². The highest BCUT2D eigenvalue weighted by Gasteiger charge is 2.06.